The normalized spacial score (nSPS) is 10.2. The second-order valence-corrected chi connectivity index (χ2v) is 3.70. The SMILES string of the molecule is CC(C)OC(=O)COc1cc(F)ccc1[N+](=O)[O-]. The zero-order valence-electron chi connectivity index (χ0n) is 9.88. The molecule has 0 amide bonds. The monoisotopic (exact) mass is 257 g/mol. The maximum atomic E-state index is 12.9. The highest BCUT2D eigenvalue weighted by atomic mass is 19.1. The number of hydrogen-bond acceptors (Lipinski definition) is 5. The van der Waals surface area contributed by atoms with Gasteiger partial charge in [-0.05, 0) is 19.9 Å². The van der Waals surface area contributed by atoms with Crippen LogP contribution in [0, 0.1) is 15.9 Å². The molecule has 0 spiro atoms. The van der Waals surface area contributed by atoms with Gasteiger partial charge in [-0.25, -0.2) is 9.18 Å². The van der Waals surface area contributed by atoms with Crippen molar-refractivity contribution in [2.45, 2.75) is 20.0 Å². The van der Waals surface area contributed by atoms with E-state index in [9.17, 15) is 19.3 Å². The molecule has 0 fully saturated rings. The van der Waals surface area contributed by atoms with Gasteiger partial charge in [-0.15, -0.1) is 0 Å². The van der Waals surface area contributed by atoms with Crippen LogP contribution in [0.4, 0.5) is 10.1 Å². The van der Waals surface area contributed by atoms with Crippen molar-refractivity contribution in [3.63, 3.8) is 0 Å². The van der Waals surface area contributed by atoms with Gasteiger partial charge in [0, 0.05) is 12.1 Å². The summed E-state index contributed by atoms with van der Waals surface area (Å²) in [4.78, 5) is 21.1. The number of nitrogens with zero attached hydrogens (tertiary/aromatic N) is 1. The van der Waals surface area contributed by atoms with Gasteiger partial charge in [-0.2, -0.15) is 0 Å². The summed E-state index contributed by atoms with van der Waals surface area (Å²) in [6.07, 6.45) is -0.316. The van der Waals surface area contributed by atoms with Gasteiger partial charge >= 0.3 is 11.7 Å². The largest absolute Gasteiger partial charge is 0.475 e. The van der Waals surface area contributed by atoms with Crippen molar-refractivity contribution in [1.29, 1.82) is 0 Å². The molecule has 1 aromatic rings. The molecule has 0 saturated carbocycles. The fourth-order valence-corrected chi connectivity index (χ4v) is 1.19. The lowest BCUT2D eigenvalue weighted by Gasteiger charge is -2.09. The van der Waals surface area contributed by atoms with E-state index in [1.165, 1.54) is 0 Å². The number of halogens is 1. The first kappa shape index (κ1) is 13.9. The Balaban J connectivity index is 2.74. The molecule has 0 saturated heterocycles. The summed E-state index contributed by atoms with van der Waals surface area (Å²) in [7, 11) is 0. The van der Waals surface area contributed by atoms with Crippen LogP contribution in [0.5, 0.6) is 5.75 Å². The van der Waals surface area contributed by atoms with Crippen LogP contribution in [0.15, 0.2) is 18.2 Å². The first-order chi connectivity index (χ1) is 8.40. The predicted octanol–water partition coefficient (Wildman–Crippen LogP) is 2.06. The molecule has 0 bridgehead atoms. The van der Waals surface area contributed by atoms with Gasteiger partial charge in [0.05, 0.1) is 11.0 Å². The second-order valence-electron chi connectivity index (χ2n) is 3.70. The van der Waals surface area contributed by atoms with Crippen molar-refractivity contribution in [3.05, 3.63) is 34.1 Å². The topological polar surface area (TPSA) is 78.7 Å². The van der Waals surface area contributed by atoms with Gasteiger partial charge in [0.15, 0.2) is 6.61 Å². The fraction of sp³-hybridized carbons (Fsp3) is 0.364. The molecule has 0 atom stereocenters. The highest BCUT2D eigenvalue weighted by Gasteiger charge is 2.17. The van der Waals surface area contributed by atoms with Crippen LogP contribution in [0.1, 0.15) is 13.8 Å². The van der Waals surface area contributed by atoms with Crippen LogP contribution in [-0.4, -0.2) is 23.6 Å². The Morgan fingerprint density at radius 2 is 2.17 bits per heavy atom. The molecule has 1 aromatic carbocycles. The number of nitro groups is 1. The van der Waals surface area contributed by atoms with Gasteiger partial charge < -0.3 is 9.47 Å². The van der Waals surface area contributed by atoms with Crippen LogP contribution in [0.2, 0.25) is 0 Å². The number of carbonyl (C=O) groups excluding carboxylic acids is 1. The summed E-state index contributed by atoms with van der Waals surface area (Å²) >= 11 is 0. The van der Waals surface area contributed by atoms with Crippen molar-refractivity contribution in [2.24, 2.45) is 0 Å². The lowest BCUT2D eigenvalue weighted by molar-refractivity contribution is -0.385. The lowest BCUT2D eigenvalue weighted by atomic mass is 10.3. The lowest BCUT2D eigenvalue weighted by Crippen LogP contribution is -2.19. The molecule has 0 N–H and O–H groups in total. The van der Waals surface area contributed by atoms with Crippen molar-refractivity contribution < 1.29 is 23.6 Å². The molecule has 0 aliphatic rings. The number of carbonyl (C=O) groups is 1. The molecular formula is C11H12FNO5. The zero-order chi connectivity index (χ0) is 13.7. The minimum Gasteiger partial charge on any atom is -0.475 e. The number of benzene rings is 1. The Bertz CT molecular complexity index is 461. The molecule has 18 heavy (non-hydrogen) atoms. The van der Waals surface area contributed by atoms with Crippen LogP contribution >= 0.6 is 0 Å². The van der Waals surface area contributed by atoms with Crippen LogP contribution in [-0.2, 0) is 9.53 Å². The van der Waals surface area contributed by atoms with Gasteiger partial charge in [0.25, 0.3) is 0 Å². The van der Waals surface area contributed by atoms with E-state index in [1.54, 1.807) is 13.8 Å². The third-order valence-electron chi connectivity index (χ3n) is 1.83. The van der Waals surface area contributed by atoms with E-state index in [0.29, 0.717) is 0 Å². The number of ether oxygens (including phenoxy) is 2. The molecule has 0 radical (unpaired) electrons. The fourth-order valence-electron chi connectivity index (χ4n) is 1.19. The van der Waals surface area contributed by atoms with E-state index >= 15 is 0 Å². The van der Waals surface area contributed by atoms with Crippen molar-refractivity contribution in [1.82, 2.24) is 0 Å². The average Bonchev–Trinajstić information content (AvgIpc) is 2.25. The number of esters is 1. The van der Waals surface area contributed by atoms with Gasteiger partial charge in [-0.1, -0.05) is 0 Å². The summed E-state index contributed by atoms with van der Waals surface area (Å²) in [6.45, 7) is 2.80. The first-order valence-corrected chi connectivity index (χ1v) is 5.16. The first-order valence-electron chi connectivity index (χ1n) is 5.16. The molecule has 6 nitrogen and oxygen atoms in total. The number of hydrogen-bond donors (Lipinski definition) is 0. The Kier molecular flexibility index (Phi) is 4.59. The quantitative estimate of drug-likeness (QED) is 0.458. The second kappa shape index (κ2) is 5.95. The zero-order valence-corrected chi connectivity index (χ0v) is 9.88. The summed E-state index contributed by atoms with van der Waals surface area (Å²) in [6, 6.07) is 2.76. The summed E-state index contributed by atoms with van der Waals surface area (Å²) in [5.74, 6) is -1.67. The van der Waals surface area contributed by atoms with Crippen LogP contribution in [0.25, 0.3) is 0 Å². The van der Waals surface area contributed by atoms with E-state index < -0.39 is 29.0 Å². The molecular weight excluding hydrogens is 245 g/mol. The molecule has 0 unspecified atom stereocenters. The Morgan fingerprint density at radius 3 is 2.72 bits per heavy atom. The molecule has 0 aliphatic carbocycles. The highest BCUT2D eigenvalue weighted by Crippen LogP contribution is 2.27. The van der Waals surface area contributed by atoms with Crippen molar-refractivity contribution in [2.75, 3.05) is 6.61 Å². The minimum atomic E-state index is -0.720. The summed E-state index contributed by atoms with van der Waals surface area (Å²) in [5.41, 5.74) is -0.409. The summed E-state index contributed by atoms with van der Waals surface area (Å²) < 4.78 is 22.6. The van der Waals surface area contributed by atoms with E-state index in [2.05, 4.69) is 0 Å². The van der Waals surface area contributed by atoms with E-state index in [0.717, 1.165) is 18.2 Å². The third kappa shape index (κ3) is 4.00. The van der Waals surface area contributed by atoms with Gasteiger partial charge in [0.2, 0.25) is 5.75 Å². The van der Waals surface area contributed by atoms with E-state index in [4.69, 9.17) is 9.47 Å². The van der Waals surface area contributed by atoms with Gasteiger partial charge in [-0.3, -0.25) is 10.1 Å². The van der Waals surface area contributed by atoms with E-state index in [1.807, 2.05) is 0 Å². The average molecular weight is 257 g/mol. The van der Waals surface area contributed by atoms with Crippen LogP contribution in [0.3, 0.4) is 0 Å². The van der Waals surface area contributed by atoms with Crippen LogP contribution < -0.4 is 4.74 Å². The molecule has 0 heterocycles. The minimum absolute atomic E-state index is 0.305. The van der Waals surface area contributed by atoms with Crippen molar-refractivity contribution >= 4 is 11.7 Å². The molecule has 0 aliphatic heterocycles. The molecule has 98 valence electrons. The maximum Gasteiger partial charge on any atom is 0.344 e. The predicted molar refractivity (Wildman–Crippen MR) is 59.8 cm³/mol. The maximum absolute atomic E-state index is 12.9. The number of nitro benzene ring substituents is 1. The Hall–Kier alpha value is -2.18. The highest BCUT2D eigenvalue weighted by molar-refractivity contribution is 5.71. The Morgan fingerprint density at radius 1 is 1.50 bits per heavy atom. The third-order valence-corrected chi connectivity index (χ3v) is 1.83. The van der Waals surface area contributed by atoms with E-state index in [-0.39, 0.29) is 11.9 Å². The smallest absolute Gasteiger partial charge is 0.344 e. The molecule has 1 rings (SSSR count). The van der Waals surface area contributed by atoms with Gasteiger partial charge in [0.1, 0.15) is 5.82 Å². The molecule has 7 heteroatoms. The number of rotatable bonds is 5. The standard InChI is InChI=1S/C11H12FNO5/c1-7(2)18-11(14)6-17-10-5-8(12)3-4-9(10)13(15)16/h3-5,7H,6H2,1-2H3. The molecule has 0 aromatic heterocycles. The Labute approximate surface area is 102 Å². The van der Waals surface area contributed by atoms with Crippen molar-refractivity contribution in [3.8, 4) is 5.75 Å². The summed E-state index contributed by atoms with van der Waals surface area (Å²) in [5, 5.41) is 10.6.